The molecule has 5 rings (SSSR count). The number of hydrogen-bond donors (Lipinski definition) is 2. The van der Waals surface area contributed by atoms with Gasteiger partial charge in [0.2, 0.25) is 0 Å². The normalized spacial score (nSPS) is 17.0. The number of allylic oxidation sites excluding steroid dienone is 2. The van der Waals surface area contributed by atoms with Gasteiger partial charge in [-0.3, -0.25) is 9.91 Å². The minimum Gasteiger partial charge on any atom is -0.508 e. The van der Waals surface area contributed by atoms with E-state index >= 15 is 0 Å². The maximum Gasteiger partial charge on any atom is 0.142 e. The molecule has 3 aromatic rings. The molecule has 0 radical (unpaired) electrons. The molecule has 2 aliphatic rings. The number of nitrogens with one attached hydrogen (secondary N) is 1. The number of hydrogen-bond acceptors (Lipinski definition) is 9. The van der Waals surface area contributed by atoms with E-state index < -0.39 is 0 Å². The van der Waals surface area contributed by atoms with Gasteiger partial charge in [-0.05, 0) is 68.6 Å². The fourth-order valence-corrected chi connectivity index (χ4v) is 6.19. The third-order valence-corrected chi connectivity index (χ3v) is 8.40. The number of aryl methyl sites for hydroxylation is 2. The highest BCUT2D eigenvalue weighted by Crippen LogP contribution is 2.44. The van der Waals surface area contributed by atoms with E-state index in [0.717, 1.165) is 79.4 Å². The summed E-state index contributed by atoms with van der Waals surface area (Å²) in [6, 6.07) is 5.50. The van der Waals surface area contributed by atoms with Crippen molar-refractivity contribution in [1.82, 2.24) is 24.8 Å². The Labute approximate surface area is 210 Å². The molecule has 0 amide bonds. The van der Waals surface area contributed by atoms with Crippen LogP contribution in [0.3, 0.4) is 0 Å². The zero-order chi connectivity index (χ0) is 24.5. The number of hydrazone groups is 1. The monoisotopic (exact) mass is 491 g/mol. The number of aromatic hydroxyl groups is 1. The van der Waals surface area contributed by atoms with E-state index in [1.54, 1.807) is 23.7 Å². The summed E-state index contributed by atoms with van der Waals surface area (Å²) < 4.78 is 0. The van der Waals surface area contributed by atoms with Gasteiger partial charge in [-0.25, -0.2) is 9.97 Å². The molecular weight excluding hydrogens is 458 g/mol. The lowest BCUT2D eigenvalue weighted by atomic mass is 9.94. The van der Waals surface area contributed by atoms with Crippen LogP contribution < -0.4 is 5.32 Å². The van der Waals surface area contributed by atoms with Crippen molar-refractivity contribution in [2.75, 3.05) is 51.6 Å². The zero-order valence-corrected chi connectivity index (χ0v) is 21.5. The molecule has 1 aromatic carbocycles. The van der Waals surface area contributed by atoms with Crippen LogP contribution in [0.1, 0.15) is 29.3 Å². The van der Waals surface area contributed by atoms with Gasteiger partial charge in [0.1, 0.15) is 22.7 Å². The molecule has 2 aromatic heterocycles. The molecule has 0 unspecified atom stereocenters. The van der Waals surface area contributed by atoms with Crippen LogP contribution in [0.4, 0.5) is 11.5 Å². The number of aromatic nitrogens is 2. The number of phenols is 1. The third kappa shape index (κ3) is 4.76. The number of fused-ring (bicyclic) bond motifs is 3. The van der Waals surface area contributed by atoms with Crippen molar-refractivity contribution in [3.63, 3.8) is 0 Å². The van der Waals surface area contributed by atoms with Crippen molar-refractivity contribution in [1.29, 1.82) is 0 Å². The summed E-state index contributed by atoms with van der Waals surface area (Å²) in [7, 11) is 2.19. The lowest BCUT2D eigenvalue weighted by Gasteiger charge is -2.34. The van der Waals surface area contributed by atoms with E-state index in [1.807, 2.05) is 19.1 Å². The van der Waals surface area contributed by atoms with E-state index in [2.05, 4.69) is 55.9 Å². The lowest BCUT2D eigenvalue weighted by Crippen LogP contribution is -2.46. The van der Waals surface area contributed by atoms with Crippen LogP contribution in [0.5, 0.6) is 5.75 Å². The number of anilines is 2. The van der Waals surface area contributed by atoms with Crippen LogP contribution in [0.15, 0.2) is 35.3 Å². The number of likely N-dealkylation sites (N-methyl/N-ethyl adjacent to an activating group) is 1. The number of phenolic OH excluding ortho intramolecular Hbond substituents is 1. The highest BCUT2D eigenvalue weighted by Gasteiger charge is 2.27. The molecule has 1 fully saturated rings. The maximum atomic E-state index is 9.87. The molecule has 9 heteroatoms. The molecule has 1 aliphatic heterocycles. The molecule has 0 atom stereocenters. The maximum absolute atomic E-state index is 9.87. The van der Waals surface area contributed by atoms with E-state index in [9.17, 15) is 5.11 Å². The Morgan fingerprint density at radius 2 is 1.97 bits per heavy atom. The van der Waals surface area contributed by atoms with Gasteiger partial charge in [-0.2, -0.15) is 5.10 Å². The van der Waals surface area contributed by atoms with Gasteiger partial charge < -0.3 is 15.3 Å². The van der Waals surface area contributed by atoms with E-state index in [4.69, 9.17) is 0 Å². The second-order valence-corrected chi connectivity index (χ2v) is 10.4. The summed E-state index contributed by atoms with van der Waals surface area (Å²) in [5.41, 5.74) is 5.53. The smallest absolute Gasteiger partial charge is 0.142 e. The largest absolute Gasteiger partial charge is 0.508 e. The summed E-state index contributed by atoms with van der Waals surface area (Å²) >= 11 is 1.72. The van der Waals surface area contributed by atoms with Crippen molar-refractivity contribution in [3.8, 4) is 5.75 Å². The standard InChI is InChI=1S/C26H33N7OS/c1-17-15-19(5-8-22(17)34)30-25-23-20-6-7-21(18(2)24(20)35-26(23)29-16-28-25)33(27-3)14-13-32-11-9-31(4)10-12-32/h5,8,15-16,34H,3,6-7,9-14H2,1-2,4H3,(H,28,29,30). The summed E-state index contributed by atoms with van der Waals surface area (Å²) in [6.07, 6.45) is 3.45. The second-order valence-electron chi connectivity index (χ2n) is 9.42. The first-order valence-corrected chi connectivity index (χ1v) is 12.9. The molecule has 35 heavy (non-hydrogen) atoms. The van der Waals surface area contributed by atoms with Crippen molar-refractivity contribution >= 4 is 45.3 Å². The quantitative estimate of drug-likeness (QED) is 0.290. The Kier molecular flexibility index (Phi) is 6.73. The van der Waals surface area contributed by atoms with Crippen molar-refractivity contribution < 1.29 is 5.11 Å². The van der Waals surface area contributed by atoms with Crippen LogP contribution in [0.2, 0.25) is 0 Å². The Morgan fingerprint density at radius 1 is 1.17 bits per heavy atom. The molecule has 0 bridgehead atoms. The summed E-state index contributed by atoms with van der Waals surface area (Å²) in [6.45, 7) is 14.3. The predicted octanol–water partition coefficient (Wildman–Crippen LogP) is 4.29. The average molecular weight is 492 g/mol. The molecule has 8 nitrogen and oxygen atoms in total. The molecule has 0 spiro atoms. The summed E-state index contributed by atoms with van der Waals surface area (Å²) in [4.78, 5) is 16.3. The van der Waals surface area contributed by atoms with Gasteiger partial charge in [-0.1, -0.05) is 0 Å². The van der Waals surface area contributed by atoms with E-state index in [-0.39, 0.29) is 5.75 Å². The first-order valence-electron chi connectivity index (χ1n) is 12.1. The molecule has 3 heterocycles. The molecule has 0 saturated carbocycles. The van der Waals surface area contributed by atoms with E-state index in [0.29, 0.717) is 0 Å². The Morgan fingerprint density at radius 3 is 2.71 bits per heavy atom. The number of rotatable bonds is 7. The fraction of sp³-hybridized carbons (Fsp3) is 0.423. The Hall–Kier alpha value is -3.01. The first kappa shape index (κ1) is 23.7. The van der Waals surface area contributed by atoms with Crippen LogP contribution in [-0.4, -0.2) is 82.9 Å². The second kappa shape index (κ2) is 9.93. The molecular formula is C26H33N7OS. The molecule has 1 saturated heterocycles. The Bertz CT molecular complexity index is 1280. The van der Waals surface area contributed by atoms with Crippen molar-refractivity contribution in [2.24, 2.45) is 5.10 Å². The topological polar surface area (TPSA) is 80.1 Å². The van der Waals surface area contributed by atoms with Gasteiger partial charge in [0.05, 0.1) is 11.9 Å². The Balaban J connectivity index is 1.41. The van der Waals surface area contributed by atoms with E-state index in [1.165, 1.54) is 21.7 Å². The van der Waals surface area contributed by atoms with Gasteiger partial charge in [0.25, 0.3) is 0 Å². The van der Waals surface area contributed by atoms with Gasteiger partial charge in [0.15, 0.2) is 0 Å². The van der Waals surface area contributed by atoms with Gasteiger partial charge in [-0.15, -0.1) is 11.3 Å². The van der Waals surface area contributed by atoms with Gasteiger partial charge in [0, 0.05) is 55.7 Å². The van der Waals surface area contributed by atoms with Crippen LogP contribution in [0, 0.1) is 6.92 Å². The van der Waals surface area contributed by atoms with Crippen molar-refractivity contribution in [3.05, 3.63) is 46.2 Å². The molecule has 2 N–H and O–H groups in total. The minimum atomic E-state index is 0.289. The summed E-state index contributed by atoms with van der Waals surface area (Å²) in [5.74, 6) is 1.10. The average Bonchev–Trinajstić information content (AvgIpc) is 3.25. The fourth-order valence-electron chi connectivity index (χ4n) is 4.98. The molecule has 184 valence electrons. The highest BCUT2D eigenvalue weighted by atomic mass is 32.1. The van der Waals surface area contributed by atoms with Crippen LogP contribution in [-0.2, 0) is 6.42 Å². The lowest BCUT2D eigenvalue weighted by molar-refractivity contribution is 0.142. The summed E-state index contributed by atoms with van der Waals surface area (Å²) in [5, 5.41) is 20.9. The minimum absolute atomic E-state index is 0.289. The highest BCUT2D eigenvalue weighted by molar-refractivity contribution is 7.20. The first-order chi connectivity index (χ1) is 16.9. The number of benzene rings is 1. The van der Waals surface area contributed by atoms with Gasteiger partial charge >= 0.3 is 0 Å². The third-order valence-electron chi connectivity index (χ3n) is 7.14. The molecule has 1 aliphatic carbocycles. The van der Waals surface area contributed by atoms with Crippen LogP contribution >= 0.6 is 11.3 Å². The predicted molar refractivity (Wildman–Crippen MR) is 145 cm³/mol. The SMILES string of the molecule is C=NN(CCN1CCN(C)CC1)C1=C(C)c2sc3ncnc(Nc4ccc(O)c(C)c4)c3c2CC1. The number of nitrogens with zero attached hydrogens (tertiary/aromatic N) is 6. The van der Waals surface area contributed by atoms with Crippen molar-refractivity contribution in [2.45, 2.75) is 26.7 Å². The zero-order valence-electron chi connectivity index (χ0n) is 20.7. The number of thiophene rings is 1. The number of piperazine rings is 1. The van der Waals surface area contributed by atoms with Crippen LogP contribution in [0.25, 0.3) is 15.8 Å².